The number of nitrogens with zero attached hydrogens (tertiary/aromatic N) is 1. The predicted octanol–water partition coefficient (Wildman–Crippen LogP) is 4.73. The molecule has 3 aromatic rings. The Morgan fingerprint density at radius 1 is 0.889 bits per heavy atom. The van der Waals surface area contributed by atoms with Crippen LogP contribution < -0.4 is 5.32 Å². The van der Waals surface area contributed by atoms with Crippen molar-refractivity contribution in [1.29, 1.82) is 0 Å². The normalized spacial score (nSPS) is 15.7. The van der Waals surface area contributed by atoms with E-state index in [0.29, 0.717) is 6.54 Å². The van der Waals surface area contributed by atoms with Crippen LogP contribution in [0.25, 0.3) is 10.8 Å². The molecule has 0 bridgehead atoms. The van der Waals surface area contributed by atoms with Crippen LogP contribution in [0.2, 0.25) is 0 Å². The second-order valence-corrected chi connectivity index (χ2v) is 7.48. The molecule has 1 N–H and O–H groups in total. The fraction of sp³-hybridized carbons (Fsp3) is 0.292. The van der Waals surface area contributed by atoms with Crippen molar-refractivity contribution < 1.29 is 4.79 Å². The van der Waals surface area contributed by atoms with Gasteiger partial charge in [0, 0.05) is 11.1 Å². The summed E-state index contributed by atoms with van der Waals surface area (Å²) >= 11 is 0. The van der Waals surface area contributed by atoms with Crippen molar-refractivity contribution in [2.45, 2.75) is 19.3 Å². The maximum Gasteiger partial charge on any atom is 0.238 e. The van der Waals surface area contributed by atoms with E-state index < -0.39 is 0 Å². The minimum Gasteiger partial charge on any atom is -0.324 e. The van der Waals surface area contributed by atoms with Gasteiger partial charge in [-0.15, -0.1) is 0 Å². The number of hydrogen-bond acceptors (Lipinski definition) is 2. The molecule has 0 spiro atoms. The Labute approximate surface area is 161 Å². The highest BCUT2D eigenvalue weighted by Crippen LogP contribution is 2.24. The highest BCUT2D eigenvalue weighted by atomic mass is 16.2. The number of anilines is 1. The Morgan fingerprint density at radius 3 is 2.41 bits per heavy atom. The summed E-state index contributed by atoms with van der Waals surface area (Å²) in [6.07, 6.45) is 3.48. The molecular weight excluding hydrogens is 332 g/mol. The number of likely N-dealkylation sites (tertiary alicyclic amines) is 1. The van der Waals surface area contributed by atoms with Gasteiger partial charge in [-0.1, -0.05) is 66.7 Å². The van der Waals surface area contributed by atoms with Gasteiger partial charge in [-0.3, -0.25) is 9.69 Å². The molecule has 3 aromatic carbocycles. The van der Waals surface area contributed by atoms with Crippen molar-refractivity contribution in [2.75, 3.05) is 25.0 Å². The van der Waals surface area contributed by atoms with E-state index in [2.05, 4.69) is 58.7 Å². The van der Waals surface area contributed by atoms with Gasteiger partial charge in [0.25, 0.3) is 0 Å². The van der Waals surface area contributed by atoms with E-state index >= 15 is 0 Å². The molecule has 1 amide bonds. The molecule has 138 valence electrons. The van der Waals surface area contributed by atoms with E-state index in [0.717, 1.165) is 54.7 Å². The minimum absolute atomic E-state index is 0.0767. The first-order valence-corrected chi connectivity index (χ1v) is 9.82. The minimum atomic E-state index is 0.0767. The molecule has 0 atom stereocenters. The van der Waals surface area contributed by atoms with Crippen molar-refractivity contribution in [1.82, 2.24) is 4.90 Å². The molecule has 0 aliphatic carbocycles. The van der Waals surface area contributed by atoms with Crippen LogP contribution in [-0.2, 0) is 11.2 Å². The predicted molar refractivity (Wildman–Crippen MR) is 112 cm³/mol. The summed E-state index contributed by atoms with van der Waals surface area (Å²) in [6, 6.07) is 24.9. The van der Waals surface area contributed by atoms with Gasteiger partial charge in [0.15, 0.2) is 0 Å². The van der Waals surface area contributed by atoms with E-state index in [1.54, 1.807) is 0 Å². The van der Waals surface area contributed by atoms with Gasteiger partial charge in [0.05, 0.1) is 6.54 Å². The fourth-order valence-corrected chi connectivity index (χ4v) is 4.02. The second-order valence-electron chi connectivity index (χ2n) is 7.48. The number of carbonyl (C=O) groups excluding carboxylic acids is 1. The van der Waals surface area contributed by atoms with Gasteiger partial charge < -0.3 is 5.32 Å². The first kappa shape index (κ1) is 17.7. The summed E-state index contributed by atoms with van der Waals surface area (Å²) in [7, 11) is 0. The molecule has 1 saturated heterocycles. The number of amides is 1. The Bertz CT molecular complexity index is 893. The van der Waals surface area contributed by atoms with Crippen molar-refractivity contribution >= 4 is 22.4 Å². The highest BCUT2D eigenvalue weighted by Gasteiger charge is 2.21. The molecule has 27 heavy (non-hydrogen) atoms. The number of fused-ring (bicyclic) bond motifs is 1. The van der Waals surface area contributed by atoms with Crippen LogP contribution in [-0.4, -0.2) is 30.4 Å². The van der Waals surface area contributed by atoms with E-state index in [1.807, 2.05) is 24.3 Å². The van der Waals surface area contributed by atoms with Crippen LogP contribution in [0.4, 0.5) is 5.69 Å². The number of benzene rings is 3. The van der Waals surface area contributed by atoms with E-state index in [9.17, 15) is 4.79 Å². The monoisotopic (exact) mass is 358 g/mol. The van der Waals surface area contributed by atoms with Crippen LogP contribution in [0, 0.1) is 5.92 Å². The van der Waals surface area contributed by atoms with Gasteiger partial charge in [-0.25, -0.2) is 0 Å². The molecule has 0 radical (unpaired) electrons. The molecule has 3 heteroatoms. The molecule has 1 aliphatic rings. The molecule has 1 heterocycles. The van der Waals surface area contributed by atoms with Gasteiger partial charge in [-0.2, -0.15) is 0 Å². The van der Waals surface area contributed by atoms with E-state index in [1.165, 1.54) is 5.56 Å². The highest BCUT2D eigenvalue weighted by molar-refractivity contribution is 6.02. The van der Waals surface area contributed by atoms with E-state index in [4.69, 9.17) is 0 Å². The third-order valence-electron chi connectivity index (χ3n) is 5.51. The summed E-state index contributed by atoms with van der Waals surface area (Å²) in [5.74, 6) is 0.803. The number of nitrogens with one attached hydrogen (secondary N) is 1. The van der Waals surface area contributed by atoms with Crippen LogP contribution >= 0.6 is 0 Å². The van der Waals surface area contributed by atoms with Crippen molar-refractivity contribution in [3.05, 3.63) is 78.4 Å². The van der Waals surface area contributed by atoms with Crippen molar-refractivity contribution in [2.24, 2.45) is 5.92 Å². The summed E-state index contributed by atoms with van der Waals surface area (Å²) in [5.41, 5.74) is 2.32. The summed E-state index contributed by atoms with van der Waals surface area (Å²) in [6.45, 7) is 2.47. The molecular formula is C24H26N2O. The topological polar surface area (TPSA) is 32.3 Å². The third-order valence-corrected chi connectivity index (χ3v) is 5.51. The smallest absolute Gasteiger partial charge is 0.238 e. The average Bonchev–Trinajstić information content (AvgIpc) is 2.71. The Kier molecular flexibility index (Phi) is 5.50. The average molecular weight is 358 g/mol. The SMILES string of the molecule is O=C(CN1CCC(Cc2ccccc2)CC1)Nc1cccc2ccccc12. The quantitative estimate of drug-likeness (QED) is 0.715. The molecule has 4 rings (SSSR count). The largest absolute Gasteiger partial charge is 0.324 e. The Hall–Kier alpha value is -2.65. The number of hydrogen-bond donors (Lipinski definition) is 1. The van der Waals surface area contributed by atoms with Gasteiger partial charge in [0.1, 0.15) is 0 Å². The molecule has 0 saturated carbocycles. The van der Waals surface area contributed by atoms with Gasteiger partial charge in [-0.05, 0) is 55.3 Å². The van der Waals surface area contributed by atoms with Crippen LogP contribution in [0.3, 0.4) is 0 Å². The maximum atomic E-state index is 12.5. The first-order valence-electron chi connectivity index (χ1n) is 9.82. The molecule has 1 fully saturated rings. The van der Waals surface area contributed by atoms with Gasteiger partial charge in [0.2, 0.25) is 5.91 Å². The first-order chi connectivity index (χ1) is 13.3. The molecule has 3 nitrogen and oxygen atoms in total. The maximum absolute atomic E-state index is 12.5. The van der Waals surface area contributed by atoms with Crippen LogP contribution in [0.15, 0.2) is 72.8 Å². The standard InChI is InChI=1S/C24H26N2O/c27-24(25-23-12-6-10-21-9-4-5-11-22(21)23)18-26-15-13-20(14-16-26)17-19-7-2-1-3-8-19/h1-12,20H,13-18H2,(H,25,27). The molecule has 0 unspecified atom stereocenters. The number of carbonyl (C=O) groups is 1. The lowest BCUT2D eigenvalue weighted by Crippen LogP contribution is -2.39. The van der Waals surface area contributed by atoms with Crippen molar-refractivity contribution in [3.8, 4) is 0 Å². The number of rotatable bonds is 5. The second kappa shape index (κ2) is 8.36. The van der Waals surface area contributed by atoms with Gasteiger partial charge >= 0.3 is 0 Å². The summed E-state index contributed by atoms with van der Waals surface area (Å²) in [4.78, 5) is 14.8. The lowest BCUT2D eigenvalue weighted by atomic mass is 9.90. The third kappa shape index (κ3) is 4.55. The Morgan fingerprint density at radius 2 is 1.59 bits per heavy atom. The van der Waals surface area contributed by atoms with Crippen molar-refractivity contribution in [3.63, 3.8) is 0 Å². The molecule has 1 aliphatic heterocycles. The van der Waals surface area contributed by atoms with E-state index in [-0.39, 0.29) is 5.91 Å². The Balaban J connectivity index is 1.29. The van der Waals surface area contributed by atoms with Crippen LogP contribution in [0.1, 0.15) is 18.4 Å². The lowest BCUT2D eigenvalue weighted by Gasteiger charge is -2.31. The zero-order chi connectivity index (χ0) is 18.5. The zero-order valence-corrected chi connectivity index (χ0v) is 15.6. The molecule has 0 aromatic heterocycles. The van der Waals surface area contributed by atoms with Crippen LogP contribution in [0.5, 0.6) is 0 Å². The number of piperidine rings is 1. The fourth-order valence-electron chi connectivity index (χ4n) is 4.02. The lowest BCUT2D eigenvalue weighted by molar-refractivity contribution is -0.117. The summed E-state index contributed by atoms with van der Waals surface area (Å²) in [5, 5.41) is 5.35. The zero-order valence-electron chi connectivity index (χ0n) is 15.6. The summed E-state index contributed by atoms with van der Waals surface area (Å²) < 4.78 is 0.